The van der Waals surface area contributed by atoms with Gasteiger partial charge in [-0.25, -0.2) is 0 Å². The highest BCUT2D eigenvalue weighted by atomic mass is 16.5. The highest BCUT2D eigenvalue weighted by Crippen LogP contribution is 2.25. The third kappa shape index (κ3) is 3.21. The second-order valence-electron chi connectivity index (χ2n) is 5.88. The molecule has 1 aliphatic heterocycles. The third-order valence-corrected chi connectivity index (χ3v) is 2.90. The minimum atomic E-state index is -0.328. The minimum absolute atomic E-state index is 0.0134. The van der Waals surface area contributed by atoms with E-state index in [0.29, 0.717) is 0 Å². The zero-order valence-corrected chi connectivity index (χ0v) is 11.2. The molecule has 0 spiro atoms. The summed E-state index contributed by atoms with van der Waals surface area (Å²) in [7, 11) is 0. The molecular formula is C13H25NO2. The number of carbonyl (C=O) groups excluding carboxylic acids is 1. The highest BCUT2D eigenvalue weighted by Gasteiger charge is 2.34. The fourth-order valence-corrected chi connectivity index (χ4v) is 2.03. The van der Waals surface area contributed by atoms with Gasteiger partial charge in [0.05, 0.1) is 0 Å². The molecule has 0 aromatic heterocycles. The number of nitrogens with zero attached hydrogens (tertiary/aromatic N) is 1. The topological polar surface area (TPSA) is 29.5 Å². The van der Waals surface area contributed by atoms with Crippen LogP contribution < -0.4 is 0 Å². The average molecular weight is 227 g/mol. The quantitative estimate of drug-likeness (QED) is 0.726. The van der Waals surface area contributed by atoms with E-state index in [1.165, 1.54) is 0 Å². The molecular weight excluding hydrogens is 202 g/mol. The summed E-state index contributed by atoms with van der Waals surface area (Å²) < 4.78 is 5.72. The summed E-state index contributed by atoms with van der Waals surface area (Å²) in [5, 5.41) is 0. The van der Waals surface area contributed by atoms with Crippen molar-refractivity contribution in [2.45, 2.75) is 66.2 Å². The van der Waals surface area contributed by atoms with Gasteiger partial charge in [0.1, 0.15) is 6.23 Å². The normalized spacial score (nSPS) is 22.2. The van der Waals surface area contributed by atoms with Crippen molar-refractivity contribution in [2.24, 2.45) is 5.41 Å². The van der Waals surface area contributed by atoms with Crippen LogP contribution in [-0.2, 0) is 9.53 Å². The molecule has 0 bridgehead atoms. The number of hydrogen-bond acceptors (Lipinski definition) is 2. The molecule has 1 rings (SSSR count). The van der Waals surface area contributed by atoms with Crippen LogP contribution in [0.4, 0.5) is 0 Å². The molecule has 1 unspecified atom stereocenters. The van der Waals surface area contributed by atoms with Gasteiger partial charge in [0, 0.05) is 18.1 Å². The Hall–Kier alpha value is -0.570. The summed E-state index contributed by atoms with van der Waals surface area (Å²) >= 11 is 0. The molecule has 1 saturated heterocycles. The SMILES string of the molecule is CC(C)N(C(=O)C(C)(C)C)C1CCCCO1. The van der Waals surface area contributed by atoms with Crippen molar-refractivity contribution in [3.05, 3.63) is 0 Å². The van der Waals surface area contributed by atoms with E-state index >= 15 is 0 Å². The highest BCUT2D eigenvalue weighted by molar-refractivity contribution is 5.82. The first kappa shape index (κ1) is 13.5. The van der Waals surface area contributed by atoms with Crippen molar-refractivity contribution in [1.82, 2.24) is 4.90 Å². The molecule has 1 fully saturated rings. The lowest BCUT2D eigenvalue weighted by atomic mass is 9.93. The van der Waals surface area contributed by atoms with Crippen LogP contribution in [0.1, 0.15) is 53.9 Å². The first-order valence-electron chi connectivity index (χ1n) is 6.28. The lowest BCUT2D eigenvalue weighted by Gasteiger charge is -2.40. The Morgan fingerprint density at radius 2 is 1.94 bits per heavy atom. The second kappa shape index (κ2) is 5.17. The smallest absolute Gasteiger partial charge is 0.230 e. The minimum Gasteiger partial charge on any atom is -0.358 e. The third-order valence-electron chi connectivity index (χ3n) is 2.90. The van der Waals surface area contributed by atoms with E-state index < -0.39 is 0 Å². The number of hydrogen-bond donors (Lipinski definition) is 0. The average Bonchev–Trinajstić information content (AvgIpc) is 2.17. The lowest BCUT2D eigenvalue weighted by molar-refractivity contribution is -0.163. The van der Waals surface area contributed by atoms with Crippen molar-refractivity contribution < 1.29 is 9.53 Å². The molecule has 0 N–H and O–H groups in total. The van der Waals surface area contributed by atoms with Crippen LogP contribution in [0.15, 0.2) is 0 Å². The van der Waals surface area contributed by atoms with E-state index in [1.807, 2.05) is 25.7 Å². The Labute approximate surface area is 99.1 Å². The predicted octanol–water partition coefficient (Wildman–Crippen LogP) is 2.80. The van der Waals surface area contributed by atoms with Crippen molar-refractivity contribution in [3.8, 4) is 0 Å². The van der Waals surface area contributed by atoms with Gasteiger partial charge in [-0.3, -0.25) is 4.79 Å². The van der Waals surface area contributed by atoms with Gasteiger partial charge in [0.2, 0.25) is 5.91 Å². The first-order chi connectivity index (χ1) is 7.34. The molecule has 94 valence electrons. The van der Waals surface area contributed by atoms with E-state index in [9.17, 15) is 4.79 Å². The van der Waals surface area contributed by atoms with Gasteiger partial charge in [0.15, 0.2) is 0 Å². The Bertz CT molecular complexity index is 237. The maximum absolute atomic E-state index is 12.4. The molecule has 0 saturated carbocycles. The van der Waals surface area contributed by atoms with E-state index in [4.69, 9.17) is 4.74 Å². The largest absolute Gasteiger partial charge is 0.358 e. The number of carbonyl (C=O) groups is 1. The molecule has 1 aliphatic rings. The number of rotatable bonds is 2. The van der Waals surface area contributed by atoms with Crippen LogP contribution >= 0.6 is 0 Å². The fraction of sp³-hybridized carbons (Fsp3) is 0.923. The van der Waals surface area contributed by atoms with Gasteiger partial charge < -0.3 is 9.64 Å². The lowest BCUT2D eigenvalue weighted by Crippen LogP contribution is -2.51. The maximum atomic E-state index is 12.4. The van der Waals surface area contributed by atoms with Crippen LogP contribution in [0.5, 0.6) is 0 Å². The molecule has 3 heteroatoms. The molecule has 0 radical (unpaired) electrons. The van der Waals surface area contributed by atoms with E-state index in [2.05, 4.69) is 13.8 Å². The Morgan fingerprint density at radius 3 is 2.31 bits per heavy atom. The molecule has 3 nitrogen and oxygen atoms in total. The fourth-order valence-electron chi connectivity index (χ4n) is 2.03. The summed E-state index contributed by atoms with van der Waals surface area (Å²) in [6.45, 7) is 10.8. The summed E-state index contributed by atoms with van der Waals surface area (Å²) in [4.78, 5) is 14.3. The molecule has 1 atom stereocenters. The monoisotopic (exact) mass is 227 g/mol. The van der Waals surface area contributed by atoms with E-state index in [-0.39, 0.29) is 23.6 Å². The molecule has 0 aromatic rings. The molecule has 1 amide bonds. The zero-order valence-electron chi connectivity index (χ0n) is 11.2. The van der Waals surface area contributed by atoms with Crippen molar-refractivity contribution in [2.75, 3.05) is 6.61 Å². The molecule has 0 aliphatic carbocycles. The van der Waals surface area contributed by atoms with Crippen molar-refractivity contribution >= 4 is 5.91 Å². The Morgan fingerprint density at radius 1 is 1.31 bits per heavy atom. The van der Waals surface area contributed by atoms with Gasteiger partial charge in [-0.1, -0.05) is 20.8 Å². The molecule has 1 heterocycles. The zero-order chi connectivity index (χ0) is 12.3. The van der Waals surface area contributed by atoms with Crippen LogP contribution in [0.3, 0.4) is 0 Å². The van der Waals surface area contributed by atoms with Gasteiger partial charge in [-0.05, 0) is 33.1 Å². The number of amides is 1. The van der Waals surface area contributed by atoms with Crippen molar-refractivity contribution in [1.29, 1.82) is 0 Å². The van der Waals surface area contributed by atoms with Crippen molar-refractivity contribution in [3.63, 3.8) is 0 Å². The van der Waals surface area contributed by atoms with Crippen LogP contribution in [0.25, 0.3) is 0 Å². The van der Waals surface area contributed by atoms with Gasteiger partial charge in [-0.2, -0.15) is 0 Å². The van der Waals surface area contributed by atoms with Gasteiger partial charge in [0.25, 0.3) is 0 Å². The standard InChI is InChI=1S/C13H25NO2/c1-10(2)14(12(15)13(3,4)5)11-8-6-7-9-16-11/h10-11H,6-9H2,1-5H3. The summed E-state index contributed by atoms with van der Waals surface area (Å²) in [6, 6.07) is 0.204. The van der Waals surface area contributed by atoms with Crippen LogP contribution in [0.2, 0.25) is 0 Å². The summed E-state index contributed by atoms with van der Waals surface area (Å²) in [5.41, 5.74) is -0.328. The number of ether oxygens (including phenoxy) is 1. The van der Waals surface area contributed by atoms with Crippen LogP contribution in [0, 0.1) is 5.41 Å². The molecule has 16 heavy (non-hydrogen) atoms. The first-order valence-corrected chi connectivity index (χ1v) is 6.28. The van der Waals surface area contributed by atoms with E-state index in [1.54, 1.807) is 0 Å². The van der Waals surface area contributed by atoms with E-state index in [0.717, 1.165) is 25.9 Å². The molecule has 0 aromatic carbocycles. The second-order valence-corrected chi connectivity index (χ2v) is 5.88. The van der Waals surface area contributed by atoms with Gasteiger partial charge in [-0.15, -0.1) is 0 Å². The summed E-state index contributed by atoms with van der Waals surface area (Å²) in [6.07, 6.45) is 3.23. The maximum Gasteiger partial charge on any atom is 0.230 e. The summed E-state index contributed by atoms with van der Waals surface area (Å²) in [5.74, 6) is 0.189. The predicted molar refractivity (Wildman–Crippen MR) is 65.0 cm³/mol. The van der Waals surface area contributed by atoms with Crippen LogP contribution in [-0.4, -0.2) is 29.7 Å². The Balaban J connectivity index is 2.77. The van der Waals surface area contributed by atoms with Gasteiger partial charge >= 0.3 is 0 Å². The Kier molecular flexibility index (Phi) is 4.36.